The minimum atomic E-state index is -1.03. The maximum Gasteiger partial charge on any atom is 0.410 e. The molecule has 2 saturated carbocycles. The van der Waals surface area contributed by atoms with Gasteiger partial charge in [-0.25, -0.2) is 14.4 Å². The van der Waals surface area contributed by atoms with Gasteiger partial charge < -0.3 is 34.6 Å². The van der Waals surface area contributed by atoms with Crippen molar-refractivity contribution in [2.45, 2.75) is 91.8 Å². The molecule has 0 bridgehead atoms. The van der Waals surface area contributed by atoms with Gasteiger partial charge in [-0.1, -0.05) is 0 Å². The van der Waals surface area contributed by atoms with Gasteiger partial charge in [-0.2, -0.15) is 10.2 Å². The van der Waals surface area contributed by atoms with Crippen LogP contribution in [0.3, 0.4) is 0 Å². The molecule has 6 aliphatic rings. The summed E-state index contributed by atoms with van der Waals surface area (Å²) >= 11 is 0. The topological polar surface area (TPSA) is 164 Å². The highest BCUT2D eigenvalue weighted by molar-refractivity contribution is 5.95. The lowest BCUT2D eigenvalue weighted by Gasteiger charge is -2.31. The van der Waals surface area contributed by atoms with Crippen molar-refractivity contribution < 1.29 is 33.8 Å². The van der Waals surface area contributed by atoms with Crippen LogP contribution >= 0.6 is 12.4 Å². The molecule has 4 aliphatic heterocycles. The molecule has 15 nitrogen and oxygen atoms in total. The first-order valence-electron chi connectivity index (χ1n) is 17.3. The molecule has 3 amide bonds. The Balaban J connectivity index is 0.000000166. The Morgan fingerprint density at radius 1 is 0.700 bits per heavy atom. The molecule has 50 heavy (non-hydrogen) atoms. The number of hydrogen-bond donors (Lipinski definition) is 2. The highest BCUT2D eigenvalue weighted by Gasteiger charge is 2.47. The zero-order valence-corrected chi connectivity index (χ0v) is 30.7. The van der Waals surface area contributed by atoms with Crippen LogP contribution in [0.4, 0.5) is 9.59 Å². The van der Waals surface area contributed by atoms with Gasteiger partial charge in [-0.15, -0.1) is 12.4 Å². The van der Waals surface area contributed by atoms with E-state index in [4.69, 9.17) is 14.6 Å². The SMILES string of the molecule is C1NCC2CC12.CC(C)(C)OC(=O)N1CCn2ncc(C(=O)N3CC4CC4C3)c2C1.CC(C)(C)OC(=O)N1CCn2ncc(C(=O)O)c2C1.Cl. The molecule has 4 atom stereocenters. The van der Waals surface area contributed by atoms with Crippen LogP contribution in [0.2, 0.25) is 0 Å². The van der Waals surface area contributed by atoms with Gasteiger partial charge in [-0.3, -0.25) is 14.2 Å². The number of carbonyl (C=O) groups excluding carboxylic acids is 3. The van der Waals surface area contributed by atoms with E-state index in [2.05, 4.69) is 15.5 Å². The summed E-state index contributed by atoms with van der Waals surface area (Å²) in [4.78, 5) is 53.2. The summed E-state index contributed by atoms with van der Waals surface area (Å²) in [5, 5.41) is 20.7. The number of aromatic carboxylic acids is 1. The number of carboxylic acids is 1. The van der Waals surface area contributed by atoms with E-state index >= 15 is 0 Å². The summed E-state index contributed by atoms with van der Waals surface area (Å²) in [6.45, 7) is 17.9. The molecule has 2 aromatic heterocycles. The Labute approximate surface area is 299 Å². The van der Waals surface area contributed by atoms with E-state index in [1.807, 2.05) is 30.4 Å². The standard InChI is InChI=1S/C17H24N4O3.C12H17N3O4.C5H9N.ClH/c1-17(2,3)24-16(23)19-4-5-21-14(10-19)13(7-18-21)15(22)20-8-11-6-12(11)9-20;1-12(2,3)19-11(18)14-4-5-15-9(7-14)8(6-13-15)10(16)17;1-4-2-6-3-5(1)4;/h7,11-12H,4-6,8-10H2,1-3H3;6H,4-5,7H2,1-3H3,(H,16,17);4-6H,1-3H2;1H. The van der Waals surface area contributed by atoms with Crippen molar-refractivity contribution in [1.29, 1.82) is 0 Å². The van der Waals surface area contributed by atoms with Gasteiger partial charge in [0.1, 0.15) is 16.8 Å². The largest absolute Gasteiger partial charge is 0.478 e. The smallest absolute Gasteiger partial charge is 0.410 e. The summed E-state index contributed by atoms with van der Waals surface area (Å²) in [6, 6.07) is 0. The monoisotopic (exact) mass is 718 g/mol. The minimum absolute atomic E-state index is 0. The number of piperidine rings is 2. The van der Waals surface area contributed by atoms with Crippen LogP contribution in [-0.2, 0) is 35.7 Å². The number of aromatic nitrogens is 4. The van der Waals surface area contributed by atoms with Crippen LogP contribution in [0.15, 0.2) is 12.4 Å². The normalized spacial score (nSPS) is 24.1. The molecule has 16 heteroatoms. The fourth-order valence-electron chi connectivity index (χ4n) is 6.81. The zero-order valence-electron chi connectivity index (χ0n) is 29.9. The number of likely N-dealkylation sites (tertiary alicyclic amines) is 1. The van der Waals surface area contributed by atoms with E-state index in [9.17, 15) is 19.2 Å². The molecule has 0 aromatic carbocycles. The molecule has 2 aromatic rings. The average molecular weight is 719 g/mol. The highest BCUT2D eigenvalue weighted by atomic mass is 35.5. The van der Waals surface area contributed by atoms with Crippen LogP contribution < -0.4 is 5.32 Å². The van der Waals surface area contributed by atoms with Gasteiger partial charge in [0.2, 0.25) is 0 Å². The minimum Gasteiger partial charge on any atom is -0.478 e. The first kappa shape index (κ1) is 37.4. The second-order valence-electron chi connectivity index (χ2n) is 15.9. The summed E-state index contributed by atoms with van der Waals surface area (Å²) in [5.41, 5.74) is 1.02. The third-order valence-corrected chi connectivity index (χ3v) is 9.65. The summed E-state index contributed by atoms with van der Waals surface area (Å²) in [7, 11) is 0. The van der Waals surface area contributed by atoms with Crippen LogP contribution in [0.1, 0.15) is 86.5 Å². The molecule has 6 heterocycles. The molecule has 4 unspecified atom stereocenters. The molecule has 2 saturated heterocycles. The van der Waals surface area contributed by atoms with Gasteiger partial charge in [0, 0.05) is 26.2 Å². The third-order valence-electron chi connectivity index (χ3n) is 9.65. The fourth-order valence-corrected chi connectivity index (χ4v) is 6.81. The predicted molar refractivity (Wildman–Crippen MR) is 184 cm³/mol. The number of fused-ring (bicyclic) bond motifs is 4. The summed E-state index contributed by atoms with van der Waals surface area (Å²) in [6.07, 6.45) is 4.98. The number of amides is 3. The molecule has 0 spiro atoms. The number of carbonyl (C=O) groups is 4. The Bertz CT molecular complexity index is 1580. The molecule has 2 N–H and O–H groups in total. The van der Waals surface area contributed by atoms with Gasteiger partial charge in [0.05, 0.1) is 55.5 Å². The van der Waals surface area contributed by atoms with E-state index < -0.39 is 23.3 Å². The second kappa shape index (κ2) is 14.4. The Hall–Kier alpha value is -3.85. The number of halogens is 1. The van der Waals surface area contributed by atoms with E-state index in [1.165, 1.54) is 37.0 Å². The van der Waals surface area contributed by atoms with Gasteiger partial charge in [0.15, 0.2) is 0 Å². The maximum atomic E-state index is 12.8. The van der Waals surface area contributed by atoms with Crippen molar-refractivity contribution in [3.63, 3.8) is 0 Å². The number of rotatable bonds is 2. The van der Waals surface area contributed by atoms with E-state index in [-0.39, 0.29) is 36.5 Å². The summed E-state index contributed by atoms with van der Waals surface area (Å²) < 4.78 is 14.2. The number of ether oxygens (including phenoxy) is 2. The van der Waals surface area contributed by atoms with E-state index in [0.29, 0.717) is 55.8 Å². The van der Waals surface area contributed by atoms with Gasteiger partial charge >= 0.3 is 18.2 Å². The van der Waals surface area contributed by atoms with E-state index in [1.54, 1.807) is 36.5 Å². The zero-order chi connectivity index (χ0) is 35.2. The van der Waals surface area contributed by atoms with Crippen molar-refractivity contribution >= 4 is 36.5 Å². The lowest BCUT2D eigenvalue weighted by atomic mass is 10.1. The molecule has 2 aliphatic carbocycles. The Morgan fingerprint density at radius 3 is 1.54 bits per heavy atom. The van der Waals surface area contributed by atoms with Crippen LogP contribution in [0.5, 0.6) is 0 Å². The lowest BCUT2D eigenvalue weighted by Crippen LogP contribution is -2.42. The maximum absolute atomic E-state index is 12.8. The molecular weight excluding hydrogens is 668 g/mol. The number of hydrogen-bond acceptors (Lipinski definition) is 9. The lowest BCUT2D eigenvalue weighted by molar-refractivity contribution is 0.0183. The van der Waals surface area contributed by atoms with Crippen molar-refractivity contribution in [2.24, 2.45) is 23.7 Å². The molecule has 4 fully saturated rings. The fraction of sp³-hybridized carbons (Fsp3) is 0.706. The van der Waals surface area contributed by atoms with Gasteiger partial charge in [0.25, 0.3) is 5.91 Å². The first-order chi connectivity index (χ1) is 23.1. The first-order valence-corrected chi connectivity index (χ1v) is 17.3. The number of nitrogens with one attached hydrogen (secondary N) is 1. The second-order valence-corrected chi connectivity index (χ2v) is 15.9. The van der Waals surface area contributed by atoms with Crippen molar-refractivity contribution in [3.05, 3.63) is 34.9 Å². The number of nitrogens with zero attached hydrogens (tertiary/aromatic N) is 7. The summed E-state index contributed by atoms with van der Waals surface area (Å²) in [5.74, 6) is 2.63. The quantitative estimate of drug-likeness (QED) is 0.468. The molecular formula is C34H51ClN8O7. The molecule has 8 rings (SSSR count). The van der Waals surface area contributed by atoms with Crippen LogP contribution in [0.25, 0.3) is 0 Å². The Morgan fingerprint density at radius 2 is 1.14 bits per heavy atom. The third kappa shape index (κ3) is 8.89. The van der Waals surface area contributed by atoms with E-state index in [0.717, 1.165) is 30.6 Å². The highest BCUT2D eigenvalue weighted by Crippen LogP contribution is 2.45. The van der Waals surface area contributed by atoms with Crippen LogP contribution in [0, 0.1) is 23.7 Å². The average Bonchev–Trinajstić information content (AvgIpc) is 3.60. The number of carboxylic acid groups (broad SMARTS) is 1. The molecule has 276 valence electrons. The van der Waals surface area contributed by atoms with Crippen molar-refractivity contribution in [2.75, 3.05) is 39.3 Å². The van der Waals surface area contributed by atoms with Crippen molar-refractivity contribution in [1.82, 2.24) is 39.6 Å². The van der Waals surface area contributed by atoms with Crippen LogP contribution in [-0.4, -0.2) is 114 Å². The predicted octanol–water partition coefficient (Wildman–Crippen LogP) is 3.71. The van der Waals surface area contributed by atoms with Gasteiger partial charge in [-0.05, 0) is 91.1 Å². The Kier molecular flexibility index (Phi) is 10.8. The van der Waals surface area contributed by atoms with Crippen molar-refractivity contribution in [3.8, 4) is 0 Å². The molecule has 0 radical (unpaired) electrons.